The van der Waals surface area contributed by atoms with Gasteiger partial charge in [0.15, 0.2) is 0 Å². The van der Waals surface area contributed by atoms with Crippen molar-refractivity contribution in [3.05, 3.63) is 47.3 Å². The Bertz CT molecular complexity index is 660. The molecular formula is C15H17N3O4. The number of benzene rings is 1. The molecule has 1 aliphatic rings. The number of carboxylic acid groups (broad SMARTS) is 1. The van der Waals surface area contributed by atoms with Crippen molar-refractivity contribution in [1.82, 2.24) is 15.0 Å². The Morgan fingerprint density at radius 1 is 1.27 bits per heavy atom. The zero-order valence-electron chi connectivity index (χ0n) is 12.0. The molecule has 2 aromatic rings. The number of nitrogens with zero attached hydrogens (tertiary/aromatic N) is 3. The van der Waals surface area contributed by atoms with Crippen LogP contribution in [0.5, 0.6) is 0 Å². The maximum atomic E-state index is 10.8. The topological polar surface area (TPSA) is 97.5 Å². The van der Waals surface area contributed by atoms with E-state index in [1.165, 1.54) is 0 Å². The zero-order valence-corrected chi connectivity index (χ0v) is 12.0. The van der Waals surface area contributed by atoms with E-state index in [1.54, 1.807) is 35.1 Å². The molecule has 1 fully saturated rings. The SMILES string of the molecule is O=C(O)c1ccc(Cn2cc(C3(O)CCOCC3)nn2)cc1. The molecule has 0 aliphatic carbocycles. The Morgan fingerprint density at radius 3 is 2.59 bits per heavy atom. The molecule has 2 N–H and O–H groups in total. The first-order valence-corrected chi connectivity index (χ1v) is 7.10. The molecule has 1 aliphatic heterocycles. The summed E-state index contributed by atoms with van der Waals surface area (Å²) < 4.78 is 6.89. The number of carboxylic acids is 1. The minimum Gasteiger partial charge on any atom is -0.478 e. The minimum atomic E-state index is -0.969. The third-order valence-electron chi connectivity index (χ3n) is 3.88. The number of aliphatic hydroxyl groups is 1. The van der Waals surface area contributed by atoms with Gasteiger partial charge in [-0.15, -0.1) is 5.10 Å². The monoisotopic (exact) mass is 303 g/mol. The van der Waals surface area contributed by atoms with Gasteiger partial charge in [-0.25, -0.2) is 9.48 Å². The highest BCUT2D eigenvalue weighted by molar-refractivity contribution is 5.87. The van der Waals surface area contributed by atoms with Crippen molar-refractivity contribution in [2.24, 2.45) is 0 Å². The quantitative estimate of drug-likeness (QED) is 0.875. The van der Waals surface area contributed by atoms with Gasteiger partial charge in [0.1, 0.15) is 11.3 Å². The molecule has 0 saturated carbocycles. The Kier molecular flexibility index (Phi) is 3.91. The lowest BCUT2D eigenvalue weighted by atomic mass is 9.91. The van der Waals surface area contributed by atoms with Crippen molar-refractivity contribution in [2.75, 3.05) is 13.2 Å². The van der Waals surface area contributed by atoms with Crippen LogP contribution >= 0.6 is 0 Å². The normalized spacial score (nSPS) is 17.3. The van der Waals surface area contributed by atoms with Gasteiger partial charge in [-0.05, 0) is 17.7 Å². The zero-order chi connectivity index (χ0) is 15.6. The second-order valence-corrected chi connectivity index (χ2v) is 5.45. The number of aromatic nitrogens is 3. The molecule has 1 aromatic heterocycles. The molecule has 0 unspecified atom stereocenters. The Balaban J connectivity index is 1.72. The smallest absolute Gasteiger partial charge is 0.335 e. The molecule has 0 atom stereocenters. The summed E-state index contributed by atoms with van der Waals surface area (Å²) in [5, 5.41) is 27.5. The van der Waals surface area contributed by atoms with Crippen LogP contribution in [0.3, 0.4) is 0 Å². The highest BCUT2D eigenvalue weighted by atomic mass is 16.5. The van der Waals surface area contributed by atoms with Crippen molar-refractivity contribution in [3.8, 4) is 0 Å². The van der Waals surface area contributed by atoms with Crippen molar-refractivity contribution in [2.45, 2.75) is 25.0 Å². The summed E-state index contributed by atoms with van der Waals surface area (Å²) in [6.07, 6.45) is 2.76. The maximum Gasteiger partial charge on any atom is 0.335 e. The minimum absolute atomic E-state index is 0.250. The number of ether oxygens (including phenoxy) is 1. The second-order valence-electron chi connectivity index (χ2n) is 5.45. The lowest BCUT2D eigenvalue weighted by molar-refractivity contribution is -0.0706. The van der Waals surface area contributed by atoms with Crippen LogP contribution < -0.4 is 0 Å². The molecule has 0 radical (unpaired) electrons. The van der Waals surface area contributed by atoms with Gasteiger partial charge in [0.25, 0.3) is 0 Å². The third-order valence-corrected chi connectivity index (χ3v) is 3.88. The van der Waals surface area contributed by atoms with Gasteiger partial charge in [0, 0.05) is 26.1 Å². The van der Waals surface area contributed by atoms with Crippen molar-refractivity contribution in [1.29, 1.82) is 0 Å². The molecule has 3 rings (SSSR count). The van der Waals surface area contributed by atoms with Crippen molar-refractivity contribution >= 4 is 5.97 Å². The van der Waals surface area contributed by atoms with E-state index in [-0.39, 0.29) is 5.56 Å². The molecule has 0 spiro atoms. The molecule has 0 amide bonds. The summed E-state index contributed by atoms with van der Waals surface area (Å²) in [6.45, 7) is 1.50. The molecule has 0 bridgehead atoms. The highest BCUT2D eigenvalue weighted by Crippen LogP contribution is 2.30. The van der Waals surface area contributed by atoms with Crippen LogP contribution in [0.4, 0.5) is 0 Å². The number of hydrogen-bond acceptors (Lipinski definition) is 5. The van der Waals surface area contributed by atoms with Crippen LogP contribution in [0.2, 0.25) is 0 Å². The van der Waals surface area contributed by atoms with Gasteiger partial charge in [-0.3, -0.25) is 0 Å². The molecule has 116 valence electrons. The van der Waals surface area contributed by atoms with E-state index in [0.717, 1.165) is 5.56 Å². The van der Waals surface area contributed by atoms with Crippen LogP contribution in [0.15, 0.2) is 30.5 Å². The van der Waals surface area contributed by atoms with Gasteiger partial charge in [0.2, 0.25) is 0 Å². The largest absolute Gasteiger partial charge is 0.478 e. The van der Waals surface area contributed by atoms with E-state index < -0.39 is 11.6 Å². The van der Waals surface area contributed by atoms with Crippen LogP contribution in [0, 0.1) is 0 Å². The predicted octanol–water partition coefficient (Wildman–Crippen LogP) is 1.02. The second kappa shape index (κ2) is 5.86. The van der Waals surface area contributed by atoms with Crippen LogP contribution in [-0.4, -0.2) is 44.4 Å². The van der Waals surface area contributed by atoms with E-state index >= 15 is 0 Å². The maximum absolute atomic E-state index is 10.8. The fourth-order valence-electron chi connectivity index (χ4n) is 2.49. The first-order chi connectivity index (χ1) is 10.6. The first kappa shape index (κ1) is 14.7. The summed E-state index contributed by atoms with van der Waals surface area (Å²) >= 11 is 0. The number of rotatable bonds is 4. The summed E-state index contributed by atoms with van der Waals surface area (Å²) in [4.78, 5) is 10.8. The van der Waals surface area contributed by atoms with Gasteiger partial charge < -0.3 is 14.9 Å². The molecule has 22 heavy (non-hydrogen) atoms. The van der Waals surface area contributed by atoms with Crippen molar-refractivity contribution in [3.63, 3.8) is 0 Å². The Morgan fingerprint density at radius 2 is 1.95 bits per heavy atom. The molecule has 7 nitrogen and oxygen atoms in total. The average molecular weight is 303 g/mol. The number of aromatic carboxylic acids is 1. The molecule has 1 aromatic carbocycles. The summed E-state index contributed by atoms with van der Waals surface area (Å²) in [5.74, 6) is -0.948. The molecule has 1 saturated heterocycles. The van der Waals surface area contributed by atoms with E-state index in [9.17, 15) is 9.90 Å². The van der Waals surface area contributed by atoms with Crippen LogP contribution in [-0.2, 0) is 16.9 Å². The molecular weight excluding hydrogens is 286 g/mol. The fraction of sp³-hybridized carbons (Fsp3) is 0.400. The van der Waals surface area contributed by atoms with Crippen LogP contribution in [0.25, 0.3) is 0 Å². The summed E-state index contributed by atoms with van der Waals surface area (Å²) in [6, 6.07) is 6.60. The van der Waals surface area contributed by atoms with Crippen LogP contribution in [0.1, 0.15) is 34.5 Å². The average Bonchev–Trinajstić information content (AvgIpc) is 2.98. The molecule has 2 heterocycles. The first-order valence-electron chi connectivity index (χ1n) is 7.10. The van der Waals surface area contributed by atoms with Gasteiger partial charge >= 0.3 is 5.97 Å². The Hall–Kier alpha value is -2.25. The lowest BCUT2D eigenvalue weighted by Gasteiger charge is -2.29. The lowest BCUT2D eigenvalue weighted by Crippen LogP contribution is -2.33. The predicted molar refractivity (Wildman–Crippen MR) is 76.5 cm³/mol. The van der Waals surface area contributed by atoms with Gasteiger partial charge in [-0.2, -0.15) is 0 Å². The van der Waals surface area contributed by atoms with Gasteiger partial charge in [-0.1, -0.05) is 17.3 Å². The van der Waals surface area contributed by atoms with Crippen molar-refractivity contribution < 1.29 is 19.7 Å². The number of carbonyl (C=O) groups is 1. The van der Waals surface area contributed by atoms with E-state index in [4.69, 9.17) is 9.84 Å². The third kappa shape index (κ3) is 3.00. The van der Waals surface area contributed by atoms with Gasteiger partial charge in [0.05, 0.1) is 18.3 Å². The van der Waals surface area contributed by atoms with E-state index in [0.29, 0.717) is 38.3 Å². The Labute approximate surface area is 127 Å². The van der Waals surface area contributed by atoms with E-state index in [1.807, 2.05) is 0 Å². The number of hydrogen-bond donors (Lipinski definition) is 2. The standard InChI is InChI=1S/C15H17N3O4/c19-14(20)12-3-1-11(2-4-12)9-18-10-13(16-17-18)15(21)5-7-22-8-6-15/h1-4,10,21H,5-9H2,(H,19,20). The summed E-state index contributed by atoms with van der Waals surface area (Å²) in [7, 11) is 0. The highest BCUT2D eigenvalue weighted by Gasteiger charge is 2.34. The fourth-order valence-corrected chi connectivity index (χ4v) is 2.49. The molecule has 7 heteroatoms. The van der Waals surface area contributed by atoms with E-state index in [2.05, 4.69) is 10.3 Å². The summed E-state index contributed by atoms with van der Waals surface area (Å²) in [5.41, 5.74) is 0.752.